The highest BCUT2D eigenvalue weighted by Crippen LogP contribution is 2.44. The molecule has 0 radical (unpaired) electrons. The molecule has 2 aliphatic rings. The minimum Gasteiger partial charge on any atom is -0.395 e. The molecule has 0 amide bonds. The Morgan fingerprint density at radius 1 is 1.25 bits per heavy atom. The van der Waals surface area contributed by atoms with Gasteiger partial charge in [-0.3, -0.25) is 4.90 Å². The zero-order valence-electron chi connectivity index (χ0n) is 11.1. The first-order valence-corrected chi connectivity index (χ1v) is 6.94. The molecule has 0 bridgehead atoms. The molecule has 16 heavy (non-hydrogen) atoms. The topological polar surface area (TPSA) is 23.5 Å². The Morgan fingerprint density at radius 3 is 2.62 bits per heavy atom. The van der Waals surface area contributed by atoms with Crippen molar-refractivity contribution in [2.75, 3.05) is 13.2 Å². The molecule has 2 heteroatoms. The summed E-state index contributed by atoms with van der Waals surface area (Å²) < 4.78 is 0. The van der Waals surface area contributed by atoms with Gasteiger partial charge < -0.3 is 5.11 Å². The van der Waals surface area contributed by atoms with Gasteiger partial charge in [-0.15, -0.1) is 0 Å². The van der Waals surface area contributed by atoms with E-state index in [9.17, 15) is 5.11 Å². The predicted molar refractivity (Wildman–Crippen MR) is 67.4 cm³/mol. The van der Waals surface area contributed by atoms with Gasteiger partial charge in [0, 0.05) is 18.1 Å². The molecule has 1 heterocycles. The minimum atomic E-state index is 0.278. The van der Waals surface area contributed by atoms with Crippen molar-refractivity contribution in [1.82, 2.24) is 4.90 Å². The van der Waals surface area contributed by atoms with Gasteiger partial charge in [0.1, 0.15) is 0 Å². The summed E-state index contributed by atoms with van der Waals surface area (Å²) in [5, 5.41) is 9.27. The van der Waals surface area contributed by atoms with Crippen LogP contribution >= 0.6 is 0 Å². The van der Waals surface area contributed by atoms with Crippen LogP contribution in [-0.2, 0) is 0 Å². The quantitative estimate of drug-likeness (QED) is 0.781. The van der Waals surface area contributed by atoms with E-state index in [1.807, 2.05) is 0 Å². The van der Waals surface area contributed by atoms with Crippen LogP contribution in [0.15, 0.2) is 0 Å². The van der Waals surface area contributed by atoms with Crippen LogP contribution in [0, 0.1) is 11.8 Å². The Labute approximate surface area is 100 Å². The number of nitrogens with zero attached hydrogens (tertiary/aromatic N) is 1. The second-order valence-corrected chi connectivity index (χ2v) is 6.43. The van der Waals surface area contributed by atoms with E-state index >= 15 is 0 Å². The third-order valence-corrected chi connectivity index (χ3v) is 4.85. The van der Waals surface area contributed by atoms with Crippen molar-refractivity contribution in [2.24, 2.45) is 11.8 Å². The van der Waals surface area contributed by atoms with Gasteiger partial charge in [-0.1, -0.05) is 19.8 Å². The average molecular weight is 225 g/mol. The summed E-state index contributed by atoms with van der Waals surface area (Å²) >= 11 is 0. The molecule has 1 aliphatic heterocycles. The maximum atomic E-state index is 9.27. The maximum Gasteiger partial charge on any atom is 0.0558 e. The van der Waals surface area contributed by atoms with Crippen LogP contribution in [0.3, 0.4) is 0 Å². The standard InChI is InChI=1S/C14H27NO/c1-11-10-14(2,3)15(8-9-16)13-7-5-4-6-12(11)13/h11-13,16H,4-10H2,1-3H3. The van der Waals surface area contributed by atoms with Crippen molar-refractivity contribution in [3.8, 4) is 0 Å². The molecule has 0 aromatic heterocycles. The Morgan fingerprint density at radius 2 is 1.94 bits per heavy atom. The zero-order valence-corrected chi connectivity index (χ0v) is 11.1. The van der Waals surface area contributed by atoms with Crippen LogP contribution in [0.1, 0.15) is 52.9 Å². The van der Waals surface area contributed by atoms with Crippen molar-refractivity contribution in [3.63, 3.8) is 0 Å². The van der Waals surface area contributed by atoms with Crippen molar-refractivity contribution in [1.29, 1.82) is 0 Å². The summed E-state index contributed by atoms with van der Waals surface area (Å²) in [7, 11) is 0. The molecule has 1 saturated heterocycles. The Kier molecular flexibility index (Phi) is 3.60. The van der Waals surface area contributed by atoms with E-state index < -0.39 is 0 Å². The van der Waals surface area contributed by atoms with Gasteiger partial charge in [0.15, 0.2) is 0 Å². The monoisotopic (exact) mass is 225 g/mol. The third-order valence-electron chi connectivity index (χ3n) is 4.85. The van der Waals surface area contributed by atoms with Crippen molar-refractivity contribution >= 4 is 0 Å². The summed E-state index contributed by atoms with van der Waals surface area (Å²) in [6.45, 7) is 8.30. The molecular formula is C14H27NO. The highest BCUT2D eigenvalue weighted by atomic mass is 16.3. The fraction of sp³-hybridized carbons (Fsp3) is 1.00. The van der Waals surface area contributed by atoms with Crippen molar-refractivity contribution in [3.05, 3.63) is 0 Å². The maximum absolute atomic E-state index is 9.27. The van der Waals surface area contributed by atoms with Crippen molar-refractivity contribution < 1.29 is 5.11 Å². The molecule has 3 unspecified atom stereocenters. The summed E-state index contributed by atoms with van der Waals surface area (Å²) in [5.41, 5.74) is 0.278. The molecule has 2 fully saturated rings. The lowest BCUT2D eigenvalue weighted by Crippen LogP contribution is -2.60. The summed E-state index contributed by atoms with van der Waals surface area (Å²) in [5.74, 6) is 1.74. The van der Waals surface area contributed by atoms with E-state index in [1.54, 1.807) is 0 Å². The van der Waals surface area contributed by atoms with Crippen molar-refractivity contribution in [2.45, 2.75) is 64.5 Å². The second-order valence-electron chi connectivity index (χ2n) is 6.43. The Bertz CT molecular complexity index is 239. The molecule has 1 aliphatic carbocycles. The molecule has 94 valence electrons. The van der Waals surface area contributed by atoms with E-state index in [0.717, 1.165) is 24.4 Å². The minimum absolute atomic E-state index is 0.278. The molecule has 2 nitrogen and oxygen atoms in total. The first-order valence-electron chi connectivity index (χ1n) is 6.94. The van der Waals surface area contributed by atoms with Gasteiger partial charge in [-0.2, -0.15) is 0 Å². The summed E-state index contributed by atoms with van der Waals surface area (Å²) in [6, 6.07) is 0.736. The molecule has 1 saturated carbocycles. The van der Waals surface area contributed by atoms with E-state index in [4.69, 9.17) is 0 Å². The van der Waals surface area contributed by atoms with Crippen LogP contribution in [0.25, 0.3) is 0 Å². The lowest BCUT2D eigenvalue weighted by atomic mass is 9.67. The molecule has 3 atom stereocenters. The smallest absolute Gasteiger partial charge is 0.0558 e. The van der Waals surface area contributed by atoms with E-state index in [1.165, 1.54) is 32.1 Å². The number of hydrogen-bond acceptors (Lipinski definition) is 2. The summed E-state index contributed by atoms with van der Waals surface area (Å²) in [6.07, 6.45) is 6.83. The number of aliphatic hydroxyl groups excluding tert-OH is 1. The molecule has 1 N–H and O–H groups in total. The SMILES string of the molecule is CC1CC(C)(C)N(CCO)C2CCCCC12. The van der Waals surface area contributed by atoms with Crippen LogP contribution in [-0.4, -0.2) is 34.7 Å². The van der Waals surface area contributed by atoms with Crippen LogP contribution in [0.4, 0.5) is 0 Å². The number of piperidine rings is 1. The Hall–Kier alpha value is -0.0800. The van der Waals surface area contributed by atoms with Gasteiger partial charge in [-0.05, 0) is 44.9 Å². The van der Waals surface area contributed by atoms with E-state index in [-0.39, 0.29) is 5.54 Å². The molecule has 0 aromatic rings. The normalized spacial score (nSPS) is 39.4. The number of fused-ring (bicyclic) bond motifs is 1. The third kappa shape index (κ3) is 2.14. The number of hydrogen-bond donors (Lipinski definition) is 1. The highest BCUT2D eigenvalue weighted by Gasteiger charge is 2.45. The first kappa shape index (κ1) is 12.4. The van der Waals surface area contributed by atoms with Gasteiger partial charge in [0.2, 0.25) is 0 Å². The summed E-state index contributed by atoms with van der Waals surface area (Å²) in [4.78, 5) is 2.59. The second kappa shape index (κ2) is 4.66. The lowest BCUT2D eigenvalue weighted by Gasteiger charge is -2.55. The largest absolute Gasteiger partial charge is 0.395 e. The zero-order chi connectivity index (χ0) is 11.8. The van der Waals surface area contributed by atoms with E-state index in [0.29, 0.717) is 6.61 Å². The molecule has 2 rings (SSSR count). The first-order chi connectivity index (χ1) is 7.56. The highest BCUT2D eigenvalue weighted by molar-refractivity contribution is 4.99. The fourth-order valence-corrected chi connectivity index (χ4v) is 4.27. The van der Waals surface area contributed by atoms with Crippen LogP contribution in [0.2, 0.25) is 0 Å². The van der Waals surface area contributed by atoms with Gasteiger partial charge in [0.05, 0.1) is 6.61 Å². The van der Waals surface area contributed by atoms with Gasteiger partial charge >= 0.3 is 0 Å². The fourth-order valence-electron chi connectivity index (χ4n) is 4.27. The number of rotatable bonds is 2. The number of likely N-dealkylation sites (tertiary alicyclic amines) is 1. The van der Waals surface area contributed by atoms with Gasteiger partial charge in [-0.25, -0.2) is 0 Å². The van der Waals surface area contributed by atoms with Crippen LogP contribution < -0.4 is 0 Å². The average Bonchev–Trinajstić information content (AvgIpc) is 2.23. The molecule has 0 spiro atoms. The lowest BCUT2D eigenvalue weighted by molar-refractivity contribution is -0.0646. The van der Waals surface area contributed by atoms with Crippen LogP contribution in [0.5, 0.6) is 0 Å². The predicted octanol–water partition coefficient (Wildman–Crippen LogP) is 2.66. The molecular weight excluding hydrogens is 198 g/mol. The molecule has 0 aromatic carbocycles. The van der Waals surface area contributed by atoms with E-state index in [2.05, 4.69) is 25.7 Å². The van der Waals surface area contributed by atoms with Gasteiger partial charge in [0.25, 0.3) is 0 Å². The number of aliphatic hydroxyl groups is 1. The Balaban J connectivity index is 2.18. The number of β-amino-alcohol motifs (C(OH)–C–C–N with tert-alkyl or cyclic N) is 1.